The first-order chi connectivity index (χ1) is 8.20. The predicted octanol–water partition coefficient (Wildman–Crippen LogP) is 2.92. The van der Waals surface area contributed by atoms with E-state index in [0.717, 1.165) is 12.8 Å². The number of rotatable bonds is 2. The number of piperidine rings is 1. The minimum absolute atomic E-state index is 0.129. The topological polar surface area (TPSA) is 21.3 Å². The average Bonchev–Trinajstić information content (AvgIpc) is 2.64. The lowest BCUT2D eigenvalue weighted by Crippen LogP contribution is -2.43. The molecule has 2 heterocycles. The fourth-order valence-electron chi connectivity index (χ4n) is 2.45. The van der Waals surface area contributed by atoms with Gasteiger partial charge in [0.1, 0.15) is 17.7 Å². The Bertz CT molecular complexity index is 449. The van der Waals surface area contributed by atoms with Crippen LogP contribution in [0.4, 0.5) is 4.39 Å². The number of hydrogen-bond donors (Lipinski definition) is 1. The Labute approximate surface area is 104 Å². The van der Waals surface area contributed by atoms with E-state index in [-0.39, 0.29) is 11.1 Å². The van der Waals surface area contributed by atoms with E-state index in [2.05, 4.69) is 17.5 Å². The van der Waals surface area contributed by atoms with E-state index in [9.17, 15) is 4.39 Å². The molecular formula is C13H13ClFNO. The minimum Gasteiger partial charge on any atom is -0.490 e. The van der Waals surface area contributed by atoms with Crippen LogP contribution in [0.15, 0.2) is 30.4 Å². The standard InChI is InChI=1S/C13H13ClFNO/c14-12-4-3-10(7-13(12)15)17-11-5-8-1-2-9(6-11)16-8/h1-4,7-9,11,16H,5-6H2. The van der Waals surface area contributed by atoms with Crippen molar-refractivity contribution in [1.29, 1.82) is 0 Å². The van der Waals surface area contributed by atoms with Crippen molar-refractivity contribution in [3.63, 3.8) is 0 Å². The van der Waals surface area contributed by atoms with Gasteiger partial charge in [0.2, 0.25) is 0 Å². The molecule has 2 aliphatic heterocycles. The van der Waals surface area contributed by atoms with Gasteiger partial charge < -0.3 is 10.1 Å². The van der Waals surface area contributed by atoms with Gasteiger partial charge in [-0.15, -0.1) is 0 Å². The molecule has 2 bridgehead atoms. The summed E-state index contributed by atoms with van der Waals surface area (Å²) in [5.41, 5.74) is 0. The van der Waals surface area contributed by atoms with Gasteiger partial charge in [-0.05, 0) is 12.1 Å². The molecule has 90 valence electrons. The maximum Gasteiger partial charge on any atom is 0.145 e. The molecule has 0 saturated carbocycles. The van der Waals surface area contributed by atoms with Crippen molar-refractivity contribution in [2.75, 3.05) is 0 Å². The summed E-state index contributed by atoms with van der Waals surface area (Å²) in [5, 5.41) is 3.57. The fourth-order valence-corrected chi connectivity index (χ4v) is 2.57. The Morgan fingerprint density at radius 2 is 1.94 bits per heavy atom. The Kier molecular flexibility index (Phi) is 2.81. The maximum atomic E-state index is 13.3. The van der Waals surface area contributed by atoms with Crippen molar-refractivity contribution in [2.45, 2.75) is 31.0 Å². The molecule has 0 radical (unpaired) electrons. The first-order valence-electron chi connectivity index (χ1n) is 5.77. The molecule has 3 rings (SSSR count). The lowest BCUT2D eigenvalue weighted by molar-refractivity contribution is 0.142. The molecule has 0 aromatic heterocycles. The van der Waals surface area contributed by atoms with Crippen molar-refractivity contribution < 1.29 is 9.13 Å². The number of fused-ring (bicyclic) bond motifs is 2. The SMILES string of the molecule is Fc1cc(OC2CC3C=CC(C2)N3)ccc1Cl. The van der Waals surface area contributed by atoms with Gasteiger partial charge in [-0.1, -0.05) is 23.8 Å². The second kappa shape index (κ2) is 4.31. The van der Waals surface area contributed by atoms with Crippen molar-refractivity contribution in [1.82, 2.24) is 5.32 Å². The van der Waals surface area contributed by atoms with Gasteiger partial charge in [0, 0.05) is 31.0 Å². The zero-order valence-electron chi connectivity index (χ0n) is 9.20. The van der Waals surface area contributed by atoms with Gasteiger partial charge in [0.05, 0.1) is 5.02 Å². The van der Waals surface area contributed by atoms with Crippen molar-refractivity contribution in [3.05, 3.63) is 41.2 Å². The highest BCUT2D eigenvalue weighted by Gasteiger charge is 2.30. The van der Waals surface area contributed by atoms with Crippen LogP contribution in [-0.2, 0) is 0 Å². The number of hydrogen-bond acceptors (Lipinski definition) is 2. The molecule has 0 amide bonds. The van der Waals surface area contributed by atoms with Crippen LogP contribution in [0.3, 0.4) is 0 Å². The molecule has 0 spiro atoms. The van der Waals surface area contributed by atoms with E-state index in [1.807, 2.05) is 0 Å². The third kappa shape index (κ3) is 2.31. The largest absolute Gasteiger partial charge is 0.490 e. The van der Waals surface area contributed by atoms with Gasteiger partial charge in [0.25, 0.3) is 0 Å². The number of benzene rings is 1. The average molecular weight is 254 g/mol. The maximum absolute atomic E-state index is 13.3. The van der Waals surface area contributed by atoms with Gasteiger partial charge in [-0.25, -0.2) is 4.39 Å². The Balaban J connectivity index is 1.69. The van der Waals surface area contributed by atoms with Crippen molar-refractivity contribution in [3.8, 4) is 5.75 Å². The Hall–Kier alpha value is -1.06. The van der Waals surface area contributed by atoms with Crippen LogP contribution in [0.1, 0.15) is 12.8 Å². The monoisotopic (exact) mass is 253 g/mol. The van der Waals surface area contributed by atoms with E-state index in [1.54, 1.807) is 6.07 Å². The number of ether oxygens (including phenoxy) is 1. The van der Waals surface area contributed by atoms with Crippen LogP contribution in [0.25, 0.3) is 0 Å². The molecule has 17 heavy (non-hydrogen) atoms. The summed E-state index contributed by atoms with van der Waals surface area (Å²) < 4.78 is 19.1. The Morgan fingerprint density at radius 3 is 2.59 bits per heavy atom. The third-order valence-electron chi connectivity index (χ3n) is 3.23. The highest BCUT2D eigenvalue weighted by molar-refractivity contribution is 6.30. The third-order valence-corrected chi connectivity index (χ3v) is 3.54. The predicted molar refractivity (Wildman–Crippen MR) is 64.9 cm³/mol. The summed E-state index contributed by atoms with van der Waals surface area (Å²) >= 11 is 5.63. The Morgan fingerprint density at radius 1 is 1.24 bits per heavy atom. The summed E-state index contributed by atoms with van der Waals surface area (Å²) in [5.74, 6) is 0.123. The van der Waals surface area contributed by atoms with Crippen LogP contribution in [-0.4, -0.2) is 18.2 Å². The molecule has 2 nitrogen and oxygen atoms in total. The van der Waals surface area contributed by atoms with Crippen molar-refractivity contribution >= 4 is 11.6 Å². The summed E-state index contributed by atoms with van der Waals surface area (Å²) in [6.07, 6.45) is 6.35. The summed E-state index contributed by atoms with van der Waals surface area (Å²) in [6.45, 7) is 0. The minimum atomic E-state index is -0.431. The van der Waals surface area contributed by atoms with Gasteiger partial charge in [-0.2, -0.15) is 0 Å². The van der Waals surface area contributed by atoms with Crippen LogP contribution in [0.5, 0.6) is 5.75 Å². The highest BCUT2D eigenvalue weighted by Crippen LogP contribution is 2.27. The molecule has 0 aliphatic carbocycles. The van der Waals surface area contributed by atoms with Crippen LogP contribution >= 0.6 is 11.6 Å². The molecule has 4 heteroatoms. The van der Waals surface area contributed by atoms with Gasteiger partial charge in [0.15, 0.2) is 0 Å². The summed E-state index contributed by atoms with van der Waals surface area (Å²) in [4.78, 5) is 0. The molecule has 2 unspecified atom stereocenters. The van der Waals surface area contributed by atoms with Crippen LogP contribution in [0, 0.1) is 5.82 Å². The molecule has 1 N–H and O–H groups in total. The molecule has 1 aromatic rings. The van der Waals surface area contributed by atoms with E-state index < -0.39 is 5.82 Å². The highest BCUT2D eigenvalue weighted by atomic mass is 35.5. The normalized spacial score (nSPS) is 30.6. The van der Waals surface area contributed by atoms with Gasteiger partial charge >= 0.3 is 0 Å². The number of nitrogens with one attached hydrogen (secondary N) is 1. The quantitative estimate of drug-likeness (QED) is 0.819. The summed E-state index contributed by atoms with van der Waals surface area (Å²) in [6, 6.07) is 5.38. The first-order valence-corrected chi connectivity index (χ1v) is 6.14. The zero-order chi connectivity index (χ0) is 11.8. The lowest BCUT2D eigenvalue weighted by Gasteiger charge is -2.29. The lowest BCUT2D eigenvalue weighted by atomic mass is 10.0. The zero-order valence-corrected chi connectivity index (χ0v) is 9.95. The molecule has 1 fully saturated rings. The molecular weight excluding hydrogens is 241 g/mol. The molecule has 2 atom stereocenters. The fraction of sp³-hybridized carbons (Fsp3) is 0.385. The second-order valence-corrected chi connectivity index (χ2v) is 4.96. The van der Waals surface area contributed by atoms with E-state index in [4.69, 9.17) is 16.3 Å². The van der Waals surface area contributed by atoms with Crippen LogP contribution in [0.2, 0.25) is 5.02 Å². The van der Waals surface area contributed by atoms with Gasteiger partial charge in [-0.3, -0.25) is 0 Å². The first kappa shape index (κ1) is 11.1. The summed E-state index contributed by atoms with van der Waals surface area (Å²) in [7, 11) is 0. The molecule has 2 aliphatic rings. The second-order valence-electron chi connectivity index (χ2n) is 4.55. The van der Waals surface area contributed by atoms with Crippen molar-refractivity contribution in [2.24, 2.45) is 0 Å². The molecule has 1 aromatic carbocycles. The van der Waals surface area contributed by atoms with Crippen LogP contribution < -0.4 is 10.1 Å². The van der Waals surface area contributed by atoms with E-state index >= 15 is 0 Å². The smallest absolute Gasteiger partial charge is 0.145 e. The number of halogens is 2. The van der Waals surface area contributed by atoms with E-state index in [1.165, 1.54) is 12.1 Å². The molecule has 1 saturated heterocycles. The van der Waals surface area contributed by atoms with E-state index in [0.29, 0.717) is 17.8 Å².